The van der Waals surface area contributed by atoms with Crippen LogP contribution in [0.4, 0.5) is 0 Å². The van der Waals surface area contributed by atoms with Crippen LogP contribution in [-0.2, 0) is 4.79 Å². The molecule has 2 aromatic rings. The van der Waals surface area contributed by atoms with Crippen molar-refractivity contribution in [2.75, 3.05) is 26.2 Å². The number of carbonyl (C=O) groups excluding carboxylic acids is 2. The maximum absolute atomic E-state index is 13.2. The lowest BCUT2D eigenvalue weighted by molar-refractivity contribution is -0.146. The van der Waals surface area contributed by atoms with E-state index >= 15 is 0 Å². The van der Waals surface area contributed by atoms with Crippen LogP contribution >= 0.6 is 0 Å². The van der Waals surface area contributed by atoms with Gasteiger partial charge in [0, 0.05) is 31.2 Å². The summed E-state index contributed by atoms with van der Waals surface area (Å²) in [6.45, 7) is 1.50. The molecule has 1 spiro atoms. The number of rotatable bonds is 3. The summed E-state index contributed by atoms with van der Waals surface area (Å²) in [5, 5.41) is 11.2. The molecule has 2 aliphatic heterocycles. The molecule has 2 amide bonds. The van der Waals surface area contributed by atoms with Crippen molar-refractivity contribution in [1.82, 2.24) is 14.8 Å². The number of carbonyl (C=O) groups is 2. The molecule has 0 bridgehead atoms. The van der Waals surface area contributed by atoms with E-state index in [-0.39, 0.29) is 18.4 Å². The van der Waals surface area contributed by atoms with Crippen molar-refractivity contribution < 1.29 is 14.7 Å². The van der Waals surface area contributed by atoms with Gasteiger partial charge in [-0.25, -0.2) is 0 Å². The van der Waals surface area contributed by atoms with Crippen molar-refractivity contribution in [3.8, 4) is 0 Å². The van der Waals surface area contributed by atoms with Crippen molar-refractivity contribution in [2.24, 2.45) is 0 Å². The Hall–Kier alpha value is -2.47. The molecule has 1 unspecified atom stereocenters. The fourth-order valence-corrected chi connectivity index (χ4v) is 4.39. The number of likely N-dealkylation sites (tertiary alicyclic amines) is 2. The summed E-state index contributed by atoms with van der Waals surface area (Å²) in [7, 11) is 0. The number of benzene rings is 1. The van der Waals surface area contributed by atoms with E-state index in [0.717, 1.165) is 23.6 Å². The molecule has 1 N–H and O–H groups in total. The third-order valence-electron chi connectivity index (χ3n) is 5.66. The first-order chi connectivity index (χ1) is 12.7. The van der Waals surface area contributed by atoms with E-state index in [9.17, 15) is 14.7 Å². The smallest absolute Gasteiger partial charge is 0.273 e. The Morgan fingerprint density at radius 1 is 1.15 bits per heavy atom. The van der Waals surface area contributed by atoms with Crippen LogP contribution in [0.1, 0.15) is 36.2 Å². The lowest BCUT2D eigenvalue weighted by atomic mass is 9.85. The quantitative estimate of drug-likeness (QED) is 0.914. The van der Waals surface area contributed by atoms with Gasteiger partial charge in [-0.3, -0.25) is 14.6 Å². The molecule has 0 radical (unpaired) electrons. The molecular weight excluding hydrogens is 330 g/mol. The summed E-state index contributed by atoms with van der Waals surface area (Å²) in [5.74, 6) is -0.197. The van der Waals surface area contributed by atoms with Crippen LogP contribution < -0.4 is 0 Å². The molecule has 0 saturated carbocycles. The van der Waals surface area contributed by atoms with Crippen molar-refractivity contribution in [3.05, 3.63) is 42.2 Å². The number of pyridine rings is 1. The van der Waals surface area contributed by atoms with Gasteiger partial charge < -0.3 is 14.9 Å². The summed E-state index contributed by atoms with van der Waals surface area (Å²) in [5.41, 5.74) is -0.380. The zero-order chi connectivity index (χ0) is 18.1. The summed E-state index contributed by atoms with van der Waals surface area (Å²) < 4.78 is 0. The van der Waals surface area contributed by atoms with E-state index in [2.05, 4.69) is 4.98 Å². The zero-order valence-corrected chi connectivity index (χ0v) is 14.7. The number of hydrogen-bond donors (Lipinski definition) is 1. The number of hydrogen-bond acceptors (Lipinski definition) is 4. The van der Waals surface area contributed by atoms with E-state index in [1.807, 2.05) is 30.3 Å². The molecule has 4 rings (SSSR count). The molecule has 6 heteroatoms. The predicted octanol–water partition coefficient (Wildman–Crippen LogP) is 1.82. The molecule has 1 atom stereocenters. The van der Waals surface area contributed by atoms with Gasteiger partial charge in [-0.1, -0.05) is 24.3 Å². The lowest BCUT2D eigenvalue weighted by Gasteiger charge is -2.44. The molecular formula is C20H23N3O3. The number of nitrogens with zero attached hydrogens (tertiary/aromatic N) is 3. The summed E-state index contributed by atoms with van der Waals surface area (Å²) in [6, 6.07) is 9.61. The van der Waals surface area contributed by atoms with E-state index in [1.54, 1.807) is 16.0 Å². The highest BCUT2D eigenvalue weighted by molar-refractivity contribution is 6.00. The number of piperidine rings is 1. The van der Waals surface area contributed by atoms with Crippen molar-refractivity contribution >= 4 is 22.6 Å². The Labute approximate surface area is 152 Å². The molecule has 1 aromatic carbocycles. The number of aliphatic hydroxyl groups is 1. The second-order valence-electron chi connectivity index (χ2n) is 7.13. The normalized spacial score (nSPS) is 23.2. The van der Waals surface area contributed by atoms with Gasteiger partial charge in [-0.2, -0.15) is 0 Å². The molecule has 3 heterocycles. The molecule has 2 aliphatic rings. The van der Waals surface area contributed by atoms with E-state index < -0.39 is 5.54 Å². The van der Waals surface area contributed by atoms with Gasteiger partial charge >= 0.3 is 0 Å². The van der Waals surface area contributed by atoms with Crippen LogP contribution in [0.2, 0.25) is 0 Å². The van der Waals surface area contributed by atoms with Gasteiger partial charge in [0.2, 0.25) is 5.91 Å². The molecule has 136 valence electrons. The number of aliphatic hydroxyl groups excluding tert-OH is 1. The van der Waals surface area contributed by atoms with Gasteiger partial charge in [0.05, 0.1) is 6.61 Å². The summed E-state index contributed by atoms with van der Waals surface area (Å²) >= 11 is 0. The number of amides is 2. The van der Waals surface area contributed by atoms with E-state index in [4.69, 9.17) is 0 Å². The minimum atomic E-state index is -0.766. The predicted molar refractivity (Wildman–Crippen MR) is 97.6 cm³/mol. The highest BCUT2D eigenvalue weighted by Crippen LogP contribution is 2.39. The van der Waals surface area contributed by atoms with Gasteiger partial charge in [0.1, 0.15) is 11.2 Å². The molecule has 2 fully saturated rings. The Morgan fingerprint density at radius 2 is 1.88 bits per heavy atom. The molecule has 0 aliphatic carbocycles. The monoisotopic (exact) mass is 353 g/mol. The third kappa shape index (κ3) is 2.65. The highest BCUT2D eigenvalue weighted by atomic mass is 16.3. The molecule has 26 heavy (non-hydrogen) atoms. The number of β-amino-alcohol motifs (C(OH)–C–C–N with tert-alkyl or cyclic N) is 1. The fraction of sp³-hybridized carbons (Fsp3) is 0.450. The number of aromatic nitrogens is 1. The molecule has 6 nitrogen and oxygen atoms in total. The van der Waals surface area contributed by atoms with Crippen LogP contribution in [0.25, 0.3) is 10.8 Å². The van der Waals surface area contributed by atoms with Gasteiger partial charge in [-0.05, 0) is 37.1 Å². The minimum absolute atomic E-state index is 0.0237. The maximum atomic E-state index is 13.2. The average Bonchev–Trinajstić information content (AvgIpc) is 3.09. The first-order valence-electron chi connectivity index (χ1n) is 9.23. The van der Waals surface area contributed by atoms with E-state index in [1.165, 1.54) is 0 Å². The minimum Gasteiger partial charge on any atom is -0.395 e. The van der Waals surface area contributed by atoms with E-state index in [0.29, 0.717) is 38.2 Å². The largest absolute Gasteiger partial charge is 0.395 e. The molecule has 2 saturated heterocycles. The number of fused-ring (bicyclic) bond motifs is 1. The Morgan fingerprint density at radius 3 is 2.65 bits per heavy atom. The third-order valence-corrected chi connectivity index (χ3v) is 5.66. The van der Waals surface area contributed by atoms with Crippen molar-refractivity contribution in [3.63, 3.8) is 0 Å². The highest BCUT2D eigenvalue weighted by Gasteiger charge is 2.52. The van der Waals surface area contributed by atoms with Crippen molar-refractivity contribution in [1.29, 1.82) is 0 Å². The summed E-state index contributed by atoms with van der Waals surface area (Å²) in [4.78, 5) is 34.1. The lowest BCUT2D eigenvalue weighted by Crippen LogP contribution is -2.61. The first-order valence-corrected chi connectivity index (χ1v) is 9.23. The zero-order valence-electron chi connectivity index (χ0n) is 14.7. The van der Waals surface area contributed by atoms with Crippen LogP contribution in [-0.4, -0.2) is 63.5 Å². The van der Waals surface area contributed by atoms with Gasteiger partial charge in [-0.15, -0.1) is 0 Å². The summed E-state index contributed by atoms with van der Waals surface area (Å²) in [6.07, 6.45) is 4.75. The maximum Gasteiger partial charge on any atom is 0.273 e. The van der Waals surface area contributed by atoms with Crippen molar-refractivity contribution in [2.45, 2.75) is 31.2 Å². The topological polar surface area (TPSA) is 73.7 Å². The van der Waals surface area contributed by atoms with Gasteiger partial charge in [0.25, 0.3) is 5.91 Å². The second kappa shape index (κ2) is 6.68. The second-order valence-corrected chi connectivity index (χ2v) is 7.13. The van der Waals surface area contributed by atoms with Crippen LogP contribution in [0, 0.1) is 0 Å². The molecule has 1 aromatic heterocycles. The SMILES string of the molecule is O=C(c1cc2ccccc2cn1)N1CCCC12CCCN(CCO)C2=O. The fourth-order valence-electron chi connectivity index (χ4n) is 4.39. The Kier molecular flexibility index (Phi) is 4.36. The van der Waals surface area contributed by atoms with Crippen LogP contribution in [0.5, 0.6) is 0 Å². The van der Waals surface area contributed by atoms with Crippen LogP contribution in [0.15, 0.2) is 36.5 Å². The first kappa shape index (κ1) is 17.0. The van der Waals surface area contributed by atoms with Gasteiger partial charge in [0.15, 0.2) is 0 Å². The standard InChI is InChI=1S/C20H23N3O3/c24-12-11-22-9-3-7-20(19(22)26)8-4-10-23(20)18(25)17-13-15-5-1-2-6-16(15)14-21-17/h1-2,5-6,13-14,24H,3-4,7-12H2. The van der Waals surface area contributed by atoms with Crippen LogP contribution in [0.3, 0.4) is 0 Å². The Balaban J connectivity index is 1.66. The Bertz CT molecular complexity index is 851. The average molecular weight is 353 g/mol.